The number of aryl methyl sites for hydroxylation is 2. The summed E-state index contributed by atoms with van der Waals surface area (Å²) >= 11 is -0.533. The van der Waals surface area contributed by atoms with Crippen LogP contribution < -0.4 is 0 Å². The van der Waals surface area contributed by atoms with Gasteiger partial charge in [0.1, 0.15) is 16.4 Å². The largest absolute Gasteiger partial charge is 0.478 e. The zero-order valence-electron chi connectivity index (χ0n) is 9.00. The van der Waals surface area contributed by atoms with E-state index in [1.165, 1.54) is 6.92 Å². The van der Waals surface area contributed by atoms with E-state index < -0.39 is 33.8 Å². The minimum atomic E-state index is -4.57. The predicted octanol–water partition coefficient (Wildman–Crippen LogP) is 2.66. The van der Waals surface area contributed by atoms with Crippen molar-refractivity contribution in [3.63, 3.8) is 0 Å². The van der Waals surface area contributed by atoms with Crippen LogP contribution in [0.3, 0.4) is 0 Å². The predicted molar refractivity (Wildman–Crippen MR) is 55.0 cm³/mol. The fourth-order valence-corrected chi connectivity index (χ4v) is 1.90. The molecule has 0 amide bonds. The fraction of sp³-hybridized carbons (Fsp3) is 0.444. The van der Waals surface area contributed by atoms with Crippen LogP contribution in [0.25, 0.3) is 0 Å². The highest BCUT2D eigenvalue weighted by Gasteiger charge is 2.33. The molecule has 4 nitrogen and oxygen atoms in total. The number of thioether (sulfide) groups is 1. The first-order valence-corrected chi connectivity index (χ1v) is 5.42. The van der Waals surface area contributed by atoms with Crippen molar-refractivity contribution in [2.75, 3.05) is 0 Å². The molecule has 1 aromatic heterocycles. The summed E-state index contributed by atoms with van der Waals surface area (Å²) in [5.41, 5.74) is -5.03. The number of halogens is 3. The monoisotopic (exact) mass is 266 g/mol. The zero-order chi connectivity index (χ0) is 13.2. The third kappa shape index (κ3) is 3.58. The molecule has 1 aromatic rings. The van der Waals surface area contributed by atoms with Crippen molar-refractivity contribution < 1.29 is 23.1 Å². The molecule has 0 fully saturated rings. The molecule has 0 atom stereocenters. The second-order valence-corrected chi connectivity index (χ2v) is 4.17. The smallest absolute Gasteiger partial charge is 0.447 e. The Labute approximate surface area is 99.3 Å². The van der Waals surface area contributed by atoms with E-state index in [0.29, 0.717) is 6.42 Å². The molecule has 0 unspecified atom stereocenters. The second-order valence-electron chi connectivity index (χ2n) is 3.11. The number of nitrogens with zero attached hydrogens (tertiary/aromatic N) is 2. The lowest BCUT2D eigenvalue weighted by Gasteiger charge is -2.10. The summed E-state index contributed by atoms with van der Waals surface area (Å²) in [6.07, 6.45) is 0.339. The fourth-order valence-electron chi connectivity index (χ4n) is 1.19. The van der Waals surface area contributed by atoms with Gasteiger partial charge in [0.15, 0.2) is 0 Å². The van der Waals surface area contributed by atoms with E-state index in [2.05, 4.69) is 9.97 Å². The van der Waals surface area contributed by atoms with E-state index >= 15 is 0 Å². The molecule has 0 aliphatic rings. The molecule has 0 spiro atoms. The number of aromatic nitrogens is 2. The Bertz CT molecular complexity index is 449. The molecular weight excluding hydrogens is 257 g/mol. The third-order valence-electron chi connectivity index (χ3n) is 1.85. The molecule has 0 saturated carbocycles. The van der Waals surface area contributed by atoms with Crippen molar-refractivity contribution >= 4 is 17.7 Å². The quantitative estimate of drug-likeness (QED) is 0.673. The number of carboxylic acids is 1. The zero-order valence-corrected chi connectivity index (χ0v) is 9.82. The summed E-state index contributed by atoms with van der Waals surface area (Å²) in [6, 6.07) is 0. The summed E-state index contributed by atoms with van der Waals surface area (Å²) in [6.45, 7) is 3.03. The Kier molecular flexibility index (Phi) is 3.97. The first-order chi connectivity index (χ1) is 7.74. The summed E-state index contributed by atoms with van der Waals surface area (Å²) in [4.78, 5) is 18.3. The van der Waals surface area contributed by atoms with Gasteiger partial charge >= 0.3 is 11.5 Å². The van der Waals surface area contributed by atoms with Crippen LogP contribution in [0.5, 0.6) is 0 Å². The van der Waals surface area contributed by atoms with Crippen LogP contribution in [0.2, 0.25) is 0 Å². The lowest BCUT2D eigenvalue weighted by molar-refractivity contribution is -0.0329. The van der Waals surface area contributed by atoms with E-state index in [-0.39, 0.29) is 11.5 Å². The number of hydrogen-bond acceptors (Lipinski definition) is 4. The first kappa shape index (κ1) is 13.8. The Balaban J connectivity index is 3.32. The highest BCUT2D eigenvalue weighted by atomic mass is 32.2. The van der Waals surface area contributed by atoms with E-state index in [1.807, 2.05) is 0 Å². The molecular formula is C9H9F3N2O2S. The lowest BCUT2D eigenvalue weighted by atomic mass is 10.2. The van der Waals surface area contributed by atoms with Crippen molar-refractivity contribution in [2.45, 2.75) is 30.8 Å². The molecule has 0 aliphatic carbocycles. The topological polar surface area (TPSA) is 63.1 Å². The van der Waals surface area contributed by atoms with E-state index in [1.54, 1.807) is 6.92 Å². The molecule has 1 heterocycles. The number of carboxylic acid groups (broad SMARTS) is 1. The summed E-state index contributed by atoms with van der Waals surface area (Å²) < 4.78 is 36.8. The van der Waals surface area contributed by atoms with Gasteiger partial charge in [-0.05, 0) is 6.92 Å². The standard InChI is InChI=1S/C9H9F3N2O2S/c1-3-5-13-4(2)6(8(15)16)7(14-5)17-9(10,11)12/h3H2,1-2H3,(H,15,16). The Hall–Kier alpha value is -1.31. The van der Waals surface area contributed by atoms with E-state index in [9.17, 15) is 18.0 Å². The second kappa shape index (κ2) is 4.91. The van der Waals surface area contributed by atoms with Gasteiger partial charge in [-0.3, -0.25) is 0 Å². The normalized spacial score (nSPS) is 11.6. The molecule has 0 aliphatic heterocycles. The van der Waals surface area contributed by atoms with Crippen molar-refractivity contribution in [3.8, 4) is 0 Å². The molecule has 94 valence electrons. The van der Waals surface area contributed by atoms with Crippen LogP contribution in [-0.4, -0.2) is 26.6 Å². The van der Waals surface area contributed by atoms with Gasteiger partial charge in [-0.25, -0.2) is 14.8 Å². The average Bonchev–Trinajstić information content (AvgIpc) is 2.13. The van der Waals surface area contributed by atoms with Gasteiger partial charge in [0.05, 0.1) is 5.69 Å². The highest BCUT2D eigenvalue weighted by molar-refractivity contribution is 8.00. The number of aromatic carboxylic acids is 1. The van der Waals surface area contributed by atoms with Crippen LogP contribution in [0, 0.1) is 6.92 Å². The lowest BCUT2D eigenvalue weighted by Crippen LogP contribution is -2.12. The van der Waals surface area contributed by atoms with Crippen molar-refractivity contribution in [2.24, 2.45) is 0 Å². The van der Waals surface area contributed by atoms with Gasteiger partial charge in [-0.1, -0.05) is 6.92 Å². The summed E-state index contributed by atoms with van der Waals surface area (Å²) in [5.74, 6) is -1.27. The summed E-state index contributed by atoms with van der Waals surface area (Å²) in [5, 5.41) is 8.29. The highest BCUT2D eigenvalue weighted by Crippen LogP contribution is 2.38. The molecule has 0 radical (unpaired) electrons. The minimum absolute atomic E-state index is 0.0381. The van der Waals surface area contributed by atoms with Crippen LogP contribution in [0.15, 0.2) is 5.03 Å². The maximum atomic E-state index is 12.3. The first-order valence-electron chi connectivity index (χ1n) is 4.61. The van der Waals surface area contributed by atoms with Crippen molar-refractivity contribution in [1.82, 2.24) is 9.97 Å². The Morgan fingerprint density at radius 2 is 2.00 bits per heavy atom. The van der Waals surface area contributed by atoms with Gasteiger partial charge in [-0.15, -0.1) is 0 Å². The SMILES string of the molecule is CCc1nc(C)c(C(=O)O)c(SC(F)(F)F)n1. The van der Waals surface area contributed by atoms with Crippen molar-refractivity contribution in [1.29, 1.82) is 0 Å². The molecule has 8 heteroatoms. The van der Waals surface area contributed by atoms with Crippen LogP contribution in [0.4, 0.5) is 13.2 Å². The molecule has 0 aromatic carbocycles. The number of rotatable bonds is 3. The maximum Gasteiger partial charge on any atom is 0.447 e. The minimum Gasteiger partial charge on any atom is -0.478 e. The van der Waals surface area contributed by atoms with Crippen molar-refractivity contribution in [3.05, 3.63) is 17.1 Å². The van der Waals surface area contributed by atoms with Crippen LogP contribution in [0.1, 0.15) is 28.8 Å². The number of carbonyl (C=O) groups is 1. The average molecular weight is 266 g/mol. The molecule has 1 rings (SSSR count). The third-order valence-corrected chi connectivity index (χ3v) is 2.57. The van der Waals surface area contributed by atoms with E-state index in [4.69, 9.17) is 5.11 Å². The van der Waals surface area contributed by atoms with Crippen LogP contribution in [-0.2, 0) is 6.42 Å². The molecule has 1 N–H and O–H groups in total. The van der Waals surface area contributed by atoms with Gasteiger partial charge in [0.25, 0.3) is 0 Å². The number of alkyl halides is 3. The molecule has 17 heavy (non-hydrogen) atoms. The van der Waals surface area contributed by atoms with Crippen LogP contribution >= 0.6 is 11.8 Å². The Morgan fingerprint density at radius 1 is 1.41 bits per heavy atom. The number of hydrogen-bond donors (Lipinski definition) is 1. The van der Waals surface area contributed by atoms with Gasteiger partial charge < -0.3 is 5.11 Å². The van der Waals surface area contributed by atoms with Gasteiger partial charge in [0.2, 0.25) is 0 Å². The maximum absolute atomic E-state index is 12.3. The molecule has 0 saturated heterocycles. The Morgan fingerprint density at radius 3 is 2.41 bits per heavy atom. The van der Waals surface area contributed by atoms with Gasteiger partial charge in [0, 0.05) is 18.2 Å². The van der Waals surface area contributed by atoms with Gasteiger partial charge in [-0.2, -0.15) is 13.2 Å². The summed E-state index contributed by atoms with van der Waals surface area (Å²) in [7, 11) is 0. The molecule has 0 bridgehead atoms. The van der Waals surface area contributed by atoms with E-state index in [0.717, 1.165) is 0 Å².